The topological polar surface area (TPSA) is 99.0 Å². The van der Waals surface area contributed by atoms with Crippen molar-refractivity contribution in [1.82, 2.24) is 19.1 Å². The van der Waals surface area contributed by atoms with Crippen molar-refractivity contribution >= 4 is 28.9 Å². The zero-order chi connectivity index (χ0) is 21.5. The van der Waals surface area contributed by atoms with Crippen LogP contribution in [0.4, 0.5) is 0 Å². The first-order chi connectivity index (χ1) is 14.5. The molecule has 0 aliphatic rings. The molecular formula is C21H26N4O4S. The van der Waals surface area contributed by atoms with Crippen LogP contribution in [0.2, 0.25) is 0 Å². The van der Waals surface area contributed by atoms with Crippen molar-refractivity contribution in [2.75, 3.05) is 12.4 Å². The smallest absolute Gasteiger partial charge is 0.330 e. The quantitative estimate of drug-likeness (QED) is 0.496. The van der Waals surface area contributed by atoms with Gasteiger partial charge in [-0.15, -0.1) is 11.8 Å². The molecule has 3 rings (SSSR count). The van der Waals surface area contributed by atoms with Crippen molar-refractivity contribution < 1.29 is 9.53 Å². The molecule has 8 nitrogen and oxygen atoms in total. The zero-order valence-electron chi connectivity index (χ0n) is 17.2. The third-order valence-electron chi connectivity index (χ3n) is 4.64. The molecule has 2 aromatic heterocycles. The summed E-state index contributed by atoms with van der Waals surface area (Å²) in [5.74, 6) is 1.04. The number of ether oxygens (including phenoxy) is 1. The van der Waals surface area contributed by atoms with E-state index in [4.69, 9.17) is 4.74 Å². The van der Waals surface area contributed by atoms with E-state index in [1.165, 1.54) is 16.3 Å². The number of carbonyl (C=O) groups excluding carboxylic acids is 1. The number of unbranched alkanes of at least 4 members (excludes halogenated alkanes) is 1. The Morgan fingerprint density at radius 3 is 2.63 bits per heavy atom. The highest BCUT2D eigenvalue weighted by atomic mass is 32.2. The van der Waals surface area contributed by atoms with Crippen LogP contribution >= 0.6 is 11.8 Å². The Hall–Kier alpha value is -2.81. The van der Waals surface area contributed by atoms with Crippen LogP contribution in [0.25, 0.3) is 11.2 Å². The van der Waals surface area contributed by atoms with Crippen molar-refractivity contribution in [3.8, 4) is 0 Å². The lowest BCUT2D eigenvalue weighted by atomic mass is 10.2. The average molecular weight is 431 g/mol. The van der Waals surface area contributed by atoms with E-state index in [2.05, 4.69) is 16.9 Å². The number of aromatic nitrogens is 4. The molecular weight excluding hydrogens is 404 g/mol. The average Bonchev–Trinajstić information content (AvgIpc) is 3.09. The van der Waals surface area contributed by atoms with Gasteiger partial charge in [-0.2, -0.15) is 0 Å². The molecule has 1 N–H and O–H groups in total. The molecule has 0 saturated carbocycles. The van der Waals surface area contributed by atoms with Crippen molar-refractivity contribution in [3.05, 3.63) is 62.6 Å². The molecule has 30 heavy (non-hydrogen) atoms. The predicted octanol–water partition coefficient (Wildman–Crippen LogP) is 2.53. The molecule has 0 amide bonds. The molecule has 0 aliphatic heterocycles. The van der Waals surface area contributed by atoms with Crippen molar-refractivity contribution in [1.29, 1.82) is 0 Å². The Morgan fingerprint density at radius 2 is 1.93 bits per heavy atom. The van der Waals surface area contributed by atoms with E-state index >= 15 is 0 Å². The lowest BCUT2D eigenvalue weighted by Gasteiger charge is -2.09. The molecule has 0 bridgehead atoms. The van der Waals surface area contributed by atoms with Gasteiger partial charge in [-0.1, -0.05) is 43.7 Å². The minimum atomic E-state index is -0.484. The van der Waals surface area contributed by atoms with E-state index in [1.807, 2.05) is 34.9 Å². The maximum atomic E-state index is 12.7. The summed E-state index contributed by atoms with van der Waals surface area (Å²) in [6, 6.07) is 9.56. The summed E-state index contributed by atoms with van der Waals surface area (Å²) in [4.78, 5) is 44.0. The summed E-state index contributed by atoms with van der Waals surface area (Å²) in [6.45, 7) is 5.12. The second kappa shape index (κ2) is 10.3. The number of thioether (sulfide) groups is 1. The number of hydrogen-bond donors (Lipinski definition) is 1. The van der Waals surface area contributed by atoms with E-state index < -0.39 is 11.2 Å². The first kappa shape index (κ1) is 21.9. The number of imidazole rings is 1. The van der Waals surface area contributed by atoms with Crippen molar-refractivity contribution in [2.24, 2.45) is 0 Å². The molecule has 0 saturated heterocycles. The summed E-state index contributed by atoms with van der Waals surface area (Å²) in [5.41, 5.74) is 0.780. The van der Waals surface area contributed by atoms with Crippen LogP contribution in [-0.2, 0) is 28.4 Å². The van der Waals surface area contributed by atoms with E-state index in [0.29, 0.717) is 42.4 Å². The largest absolute Gasteiger partial charge is 0.465 e. The molecule has 0 radical (unpaired) electrons. The lowest BCUT2D eigenvalue weighted by molar-refractivity contribution is -0.139. The number of aryl methyl sites for hydroxylation is 1. The standard InChI is InChI=1S/C21H26N4O4S/c1-3-5-11-24-16(13-30-14-17(26)29-4-2)22-19-18(24)20(27)23-21(28)25(19)12-15-9-7-6-8-10-15/h6-10H,3-5,11-14H2,1-2H3,(H,23,27,28). The fraction of sp³-hybridized carbons (Fsp3) is 0.429. The van der Waals surface area contributed by atoms with E-state index in [9.17, 15) is 14.4 Å². The summed E-state index contributed by atoms with van der Waals surface area (Å²) in [7, 11) is 0. The molecule has 0 spiro atoms. The maximum Gasteiger partial charge on any atom is 0.330 e. The van der Waals surface area contributed by atoms with Gasteiger partial charge >= 0.3 is 11.7 Å². The van der Waals surface area contributed by atoms with E-state index in [0.717, 1.165) is 18.4 Å². The predicted molar refractivity (Wildman–Crippen MR) is 118 cm³/mol. The first-order valence-corrected chi connectivity index (χ1v) is 11.2. The van der Waals surface area contributed by atoms with Gasteiger partial charge in [0.25, 0.3) is 5.56 Å². The minimum absolute atomic E-state index is 0.206. The normalized spacial score (nSPS) is 11.1. The summed E-state index contributed by atoms with van der Waals surface area (Å²) in [6.07, 6.45) is 1.83. The van der Waals surface area contributed by atoms with Gasteiger partial charge in [-0.3, -0.25) is 19.1 Å². The van der Waals surface area contributed by atoms with Gasteiger partial charge in [0.05, 0.1) is 24.7 Å². The van der Waals surface area contributed by atoms with Gasteiger partial charge in [0, 0.05) is 6.54 Å². The third kappa shape index (κ3) is 5.02. The number of carbonyl (C=O) groups is 1. The molecule has 0 aliphatic carbocycles. The maximum absolute atomic E-state index is 12.7. The second-order valence-corrected chi connectivity index (χ2v) is 7.82. The van der Waals surface area contributed by atoms with E-state index in [-0.39, 0.29) is 11.7 Å². The second-order valence-electron chi connectivity index (χ2n) is 6.83. The van der Waals surface area contributed by atoms with Gasteiger partial charge < -0.3 is 9.30 Å². The number of hydrogen-bond acceptors (Lipinski definition) is 6. The van der Waals surface area contributed by atoms with Gasteiger partial charge in [-0.05, 0) is 18.9 Å². The zero-order valence-corrected chi connectivity index (χ0v) is 18.0. The number of esters is 1. The molecule has 3 aromatic rings. The Bertz CT molecular complexity index is 1120. The number of aromatic amines is 1. The number of nitrogens with zero attached hydrogens (tertiary/aromatic N) is 3. The molecule has 9 heteroatoms. The fourth-order valence-electron chi connectivity index (χ4n) is 3.23. The third-order valence-corrected chi connectivity index (χ3v) is 5.54. The highest BCUT2D eigenvalue weighted by Gasteiger charge is 2.19. The van der Waals surface area contributed by atoms with E-state index in [1.54, 1.807) is 6.92 Å². The van der Waals surface area contributed by atoms with Crippen LogP contribution in [0, 0.1) is 0 Å². The first-order valence-electron chi connectivity index (χ1n) is 10.0. The van der Waals surface area contributed by atoms with Gasteiger partial charge in [0.1, 0.15) is 5.82 Å². The number of H-pyrrole nitrogens is 1. The monoisotopic (exact) mass is 430 g/mol. The molecule has 2 heterocycles. The van der Waals surface area contributed by atoms with Crippen LogP contribution in [0.15, 0.2) is 39.9 Å². The van der Waals surface area contributed by atoms with Crippen LogP contribution in [0.5, 0.6) is 0 Å². The molecule has 1 aromatic carbocycles. The van der Waals surface area contributed by atoms with Crippen LogP contribution in [-0.4, -0.2) is 37.4 Å². The number of nitrogens with one attached hydrogen (secondary N) is 1. The Morgan fingerprint density at radius 1 is 1.17 bits per heavy atom. The van der Waals surface area contributed by atoms with Gasteiger partial charge in [0.2, 0.25) is 0 Å². The molecule has 160 valence electrons. The number of rotatable bonds is 10. The Kier molecular flexibility index (Phi) is 7.51. The Labute approximate surface area is 178 Å². The molecule has 0 atom stereocenters. The van der Waals surface area contributed by atoms with Crippen LogP contribution in [0.3, 0.4) is 0 Å². The minimum Gasteiger partial charge on any atom is -0.465 e. The SMILES string of the molecule is CCCCn1c(CSCC(=O)OCC)nc2c1c(=O)[nH]c(=O)n2Cc1ccccc1. The highest BCUT2D eigenvalue weighted by Crippen LogP contribution is 2.19. The number of fused-ring (bicyclic) bond motifs is 1. The molecule has 0 unspecified atom stereocenters. The van der Waals surface area contributed by atoms with Gasteiger partial charge in [0.15, 0.2) is 11.2 Å². The molecule has 0 fully saturated rings. The Balaban J connectivity index is 2.01. The highest BCUT2D eigenvalue weighted by molar-refractivity contribution is 7.99. The summed E-state index contributed by atoms with van der Waals surface area (Å²) < 4.78 is 8.33. The fourth-order valence-corrected chi connectivity index (χ4v) is 3.98. The van der Waals surface area contributed by atoms with Gasteiger partial charge in [-0.25, -0.2) is 9.78 Å². The lowest BCUT2D eigenvalue weighted by Crippen LogP contribution is -2.31. The summed E-state index contributed by atoms with van der Waals surface area (Å²) >= 11 is 1.38. The summed E-state index contributed by atoms with van der Waals surface area (Å²) in [5, 5.41) is 0. The van der Waals surface area contributed by atoms with Crippen molar-refractivity contribution in [2.45, 2.75) is 45.5 Å². The number of benzene rings is 1. The van der Waals surface area contributed by atoms with Crippen molar-refractivity contribution in [3.63, 3.8) is 0 Å². The van der Waals surface area contributed by atoms with Crippen LogP contribution in [0.1, 0.15) is 38.1 Å². The van der Waals surface area contributed by atoms with Crippen LogP contribution < -0.4 is 11.2 Å².